The van der Waals surface area contributed by atoms with Gasteiger partial charge in [-0.1, -0.05) is 13.0 Å². The number of hydrogen-bond acceptors (Lipinski definition) is 7. The molecule has 31 heavy (non-hydrogen) atoms. The van der Waals surface area contributed by atoms with E-state index in [-0.39, 0.29) is 16.7 Å². The standard InChI is InChI=1S/C21H24N4O4S2/c1-15-9-12-25(13-10-15)31(27,28)18-6-4-16(5-7-18)20-23-24-21(29-20)19(26)22-11-8-17-3-2-14-30-17/h2-7,14-15H,8-13H2,1H3,(H,22,26). The molecule has 0 bridgehead atoms. The summed E-state index contributed by atoms with van der Waals surface area (Å²) in [4.78, 5) is 13.6. The Hall–Kier alpha value is -2.56. The Bertz CT molecular complexity index is 1120. The van der Waals surface area contributed by atoms with E-state index in [1.165, 1.54) is 21.3 Å². The van der Waals surface area contributed by atoms with Crippen LogP contribution in [0.2, 0.25) is 0 Å². The van der Waals surface area contributed by atoms with Crippen LogP contribution in [0, 0.1) is 5.92 Å². The summed E-state index contributed by atoms with van der Waals surface area (Å²) in [6.07, 6.45) is 2.48. The highest BCUT2D eigenvalue weighted by molar-refractivity contribution is 7.89. The van der Waals surface area contributed by atoms with E-state index in [0.29, 0.717) is 31.1 Å². The lowest BCUT2D eigenvalue weighted by atomic mass is 10.0. The first-order chi connectivity index (χ1) is 14.9. The minimum absolute atomic E-state index is 0.125. The molecule has 0 spiro atoms. The van der Waals surface area contributed by atoms with Gasteiger partial charge in [-0.2, -0.15) is 4.31 Å². The Morgan fingerprint density at radius 2 is 1.94 bits per heavy atom. The predicted octanol–water partition coefficient (Wildman–Crippen LogP) is 3.19. The quantitative estimate of drug-likeness (QED) is 0.580. The zero-order valence-electron chi connectivity index (χ0n) is 17.2. The van der Waals surface area contributed by atoms with Crippen LogP contribution in [0.15, 0.2) is 51.1 Å². The molecule has 1 aliphatic rings. The highest BCUT2D eigenvalue weighted by Gasteiger charge is 2.28. The number of hydrogen-bond donors (Lipinski definition) is 1. The summed E-state index contributed by atoms with van der Waals surface area (Å²) >= 11 is 1.64. The van der Waals surface area contributed by atoms with Crippen molar-refractivity contribution < 1.29 is 17.6 Å². The van der Waals surface area contributed by atoms with E-state index in [1.807, 2.05) is 17.5 Å². The van der Waals surface area contributed by atoms with Gasteiger partial charge in [0, 0.05) is 30.1 Å². The minimum Gasteiger partial charge on any atom is -0.412 e. The highest BCUT2D eigenvalue weighted by Crippen LogP contribution is 2.25. The van der Waals surface area contributed by atoms with E-state index >= 15 is 0 Å². The molecule has 4 rings (SSSR count). The number of benzene rings is 1. The number of thiophene rings is 1. The van der Waals surface area contributed by atoms with Gasteiger partial charge in [0.25, 0.3) is 0 Å². The second kappa shape index (κ2) is 9.29. The Labute approximate surface area is 185 Å². The fourth-order valence-corrected chi connectivity index (χ4v) is 5.58. The van der Waals surface area contributed by atoms with Gasteiger partial charge in [-0.15, -0.1) is 21.5 Å². The van der Waals surface area contributed by atoms with Crippen molar-refractivity contribution in [3.05, 3.63) is 52.5 Å². The van der Waals surface area contributed by atoms with Crippen LogP contribution in [-0.4, -0.2) is 48.5 Å². The fraction of sp³-hybridized carbons (Fsp3) is 0.381. The van der Waals surface area contributed by atoms with Crippen molar-refractivity contribution in [3.8, 4) is 11.5 Å². The largest absolute Gasteiger partial charge is 0.412 e. The molecule has 0 atom stereocenters. The van der Waals surface area contributed by atoms with Crippen molar-refractivity contribution in [2.75, 3.05) is 19.6 Å². The zero-order chi connectivity index (χ0) is 21.8. The smallest absolute Gasteiger partial charge is 0.308 e. The van der Waals surface area contributed by atoms with Gasteiger partial charge in [0.15, 0.2) is 0 Å². The molecule has 8 nitrogen and oxygen atoms in total. The van der Waals surface area contributed by atoms with Crippen LogP contribution in [0.1, 0.15) is 35.3 Å². The van der Waals surface area contributed by atoms with E-state index < -0.39 is 15.9 Å². The summed E-state index contributed by atoms with van der Waals surface area (Å²) in [5.41, 5.74) is 0.552. The Kier molecular flexibility index (Phi) is 6.49. The third-order valence-electron chi connectivity index (χ3n) is 5.34. The molecule has 1 amide bonds. The number of rotatable bonds is 7. The molecule has 1 N–H and O–H groups in total. The summed E-state index contributed by atoms with van der Waals surface area (Å²) in [7, 11) is -3.52. The van der Waals surface area contributed by atoms with Crippen molar-refractivity contribution in [1.29, 1.82) is 0 Å². The van der Waals surface area contributed by atoms with Crippen molar-refractivity contribution in [3.63, 3.8) is 0 Å². The molecular formula is C21H24N4O4S2. The Morgan fingerprint density at radius 1 is 1.19 bits per heavy atom. The zero-order valence-corrected chi connectivity index (χ0v) is 18.8. The van der Waals surface area contributed by atoms with Gasteiger partial charge in [0.2, 0.25) is 15.9 Å². The Balaban J connectivity index is 1.39. The van der Waals surface area contributed by atoms with Crippen molar-refractivity contribution in [1.82, 2.24) is 19.8 Å². The molecule has 3 heterocycles. The van der Waals surface area contributed by atoms with Gasteiger partial charge in [0.1, 0.15) is 0 Å². The second-order valence-electron chi connectivity index (χ2n) is 7.61. The average Bonchev–Trinajstić information content (AvgIpc) is 3.46. The number of piperidine rings is 1. The first-order valence-electron chi connectivity index (χ1n) is 10.2. The highest BCUT2D eigenvalue weighted by atomic mass is 32.2. The molecule has 1 aromatic carbocycles. The van der Waals surface area contributed by atoms with E-state index in [1.54, 1.807) is 23.5 Å². The first kappa shape index (κ1) is 21.7. The number of nitrogens with one attached hydrogen (secondary N) is 1. The molecule has 0 aliphatic carbocycles. The maximum absolute atomic E-state index is 12.8. The molecule has 0 saturated carbocycles. The topological polar surface area (TPSA) is 105 Å². The maximum atomic E-state index is 12.8. The van der Waals surface area contributed by atoms with Gasteiger partial charge >= 0.3 is 11.8 Å². The van der Waals surface area contributed by atoms with Crippen LogP contribution >= 0.6 is 11.3 Å². The summed E-state index contributed by atoms with van der Waals surface area (Å²) in [5, 5.41) is 12.5. The number of sulfonamides is 1. The number of aromatic nitrogens is 2. The molecule has 0 radical (unpaired) electrons. The van der Waals surface area contributed by atoms with E-state index in [2.05, 4.69) is 22.4 Å². The predicted molar refractivity (Wildman–Crippen MR) is 117 cm³/mol. The average molecular weight is 461 g/mol. The summed E-state index contributed by atoms with van der Waals surface area (Å²) < 4.78 is 32.7. The van der Waals surface area contributed by atoms with Crippen LogP contribution in [0.25, 0.3) is 11.5 Å². The van der Waals surface area contributed by atoms with Gasteiger partial charge < -0.3 is 9.73 Å². The number of nitrogens with zero attached hydrogens (tertiary/aromatic N) is 3. The summed E-state index contributed by atoms with van der Waals surface area (Å²) in [6.45, 7) is 3.69. The third kappa shape index (κ3) is 5.03. The van der Waals surface area contributed by atoms with Crippen LogP contribution in [0.4, 0.5) is 0 Å². The van der Waals surface area contributed by atoms with E-state index in [9.17, 15) is 13.2 Å². The van der Waals surface area contributed by atoms with Gasteiger partial charge in [-0.25, -0.2) is 8.42 Å². The van der Waals surface area contributed by atoms with Gasteiger partial charge in [-0.05, 0) is 60.9 Å². The monoisotopic (exact) mass is 460 g/mol. The van der Waals surface area contributed by atoms with Crippen molar-refractivity contribution >= 4 is 27.3 Å². The maximum Gasteiger partial charge on any atom is 0.308 e. The Morgan fingerprint density at radius 3 is 2.61 bits per heavy atom. The van der Waals surface area contributed by atoms with Gasteiger partial charge in [-0.3, -0.25) is 4.79 Å². The molecule has 164 valence electrons. The molecule has 1 saturated heterocycles. The molecular weight excluding hydrogens is 436 g/mol. The fourth-order valence-electron chi connectivity index (χ4n) is 3.41. The molecule has 10 heteroatoms. The van der Waals surface area contributed by atoms with E-state index in [4.69, 9.17) is 4.42 Å². The number of carbonyl (C=O) groups is 1. The molecule has 1 fully saturated rings. The van der Waals surface area contributed by atoms with Crippen LogP contribution in [0.5, 0.6) is 0 Å². The van der Waals surface area contributed by atoms with Crippen molar-refractivity contribution in [2.45, 2.75) is 31.1 Å². The van der Waals surface area contributed by atoms with E-state index in [0.717, 1.165) is 19.3 Å². The lowest BCUT2D eigenvalue weighted by Gasteiger charge is -2.29. The molecule has 2 aromatic heterocycles. The van der Waals surface area contributed by atoms with Crippen molar-refractivity contribution in [2.24, 2.45) is 5.92 Å². The van der Waals surface area contributed by atoms with Crippen LogP contribution in [0.3, 0.4) is 0 Å². The van der Waals surface area contributed by atoms with Crippen LogP contribution < -0.4 is 5.32 Å². The normalized spacial score (nSPS) is 15.8. The second-order valence-corrected chi connectivity index (χ2v) is 10.6. The first-order valence-corrected chi connectivity index (χ1v) is 12.5. The lowest BCUT2D eigenvalue weighted by Crippen LogP contribution is -2.37. The van der Waals surface area contributed by atoms with Gasteiger partial charge in [0.05, 0.1) is 4.90 Å². The van der Waals surface area contributed by atoms with Crippen LogP contribution in [-0.2, 0) is 16.4 Å². The number of carbonyl (C=O) groups excluding carboxylic acids is 1. The summed E-state index contributed by atoms with van der Waals surface area (Å²) in [6, 6.07) is 10.3. The molecule has 0 unspecified atom stereocenters. The summed E-state index contributed by atoms with van der Waals surface area (Å²) in [5.74, 6) is 0.154. The minimum atomic E-state index is -3.52. The number of amides is 1. The SMILES string of the molecule is CC1CCN(S(=O)(=O)c2ccc(-c3nnc(C(=O)NCCc4cccs4)o3)cc2)CC1. The lowest BCUT2D eigenvalue weighted by molar-refractivity contribution is 0.0920. The third-order valence-corrected chi connectivity index (χ3v) is 8.19. The molecule has 3 aromatic rings. The molecule has 1 aliphatic heterocycles.